The number of hydrogen-bond donors (Lipinski definition) is 2. The third kappa shape index (κ3) is 8.63. The Morgan fingerprint density at radius 2 is 1.71 bits per heavy atom. The molecule has 0 spiro atoms. The zero-order valence-corrected chi connectivity index (χ0v) is 10.1. The molecular formula is C12H23NaO4. The summed E-state index contributed by atoms with van der Waals surface area (Å²) in [6.45, 7) is 4.02. The molecule has 2 atom stereocenters. The van der Waals surface area contributed by atoms with Crippen molar-refractivity contribution in [2.75, 3.05) is 0 Å². The second-order valence-electron chi connectivity index (χ2n) is 4.21. The van der Waals surface area contributed by atoms with Gasteiger partial charge in [-0.25, -0.2) is 0 Å². The number of aliphatic carboxylic acids is 2. The molecule has 0 heterocycles. The summed E-state index contributed by atoms with van der Waals surface area (Å²) < 4.78 is 0. The van der Waals surface area contributed by atoms with Crippen LogP contribution < -0.4 is 0 Å². The fourth-order valence-corrected chi connectivity index (χ4v) is 1.99. The Labute approximate surface area is 125 Å². The van der Waals surface area contributed by atoms with E-state index in [-0.39, 0.29) is 41.9 Å². The van der Waals surface area contributed by atoms with Gasteiger partial charge in [0.05, 0.1) is 12.3 Å². The molecular weight excluding hydrogens is 231 g/mol. The van der Waals surface area contributed by atoms with Crippen LogP contribution in [0.25, 0.3) is 0 Å². The van der Waals surface area contributed by atoms with Crippen molar-refractivity contribution < 1.29 is 19.8 Å². The molecule has 0 saturated carbocycles. The summed E-state index contributed by atoms with van der Waals surface area (Å²) in [6.07, 6.45) is 4.43. The van der Waals surface area contributed by atoms with Crippen LogP contribution in [0.15, 0.2) is 0 Å². The third-order valence-electron chi connectivity index (χ3n) is 2.98. The van der Waals surface area contributed by atoms with Crippen molar-refractivity contribution in [3.05, 3.63) is 0 Å². The number of carbonyl (C=O) groups is 2. The van der Waals surface area contributed by atoms with Gasteiger partial charge in [0.15, 0.2) is 0 Å². The fourth-order valence-electron chi connectivity index (χ4n) is 1.99. The van der Waals surface area contributed by atoms with Gasteiger partial charge < -0.3 is 10.2 Å². The predicted octanol–water partition coefficient (Wildman–Crippen LogP) is 2.12. The van der Waals surface area contributed by atoms with E-state index in [0.717, 1.165) is 32.1 Å². The van der Waals surface area contributed by atoms with E-state index in [1.165, 1.54) is 0 Å². The van der Waals surface area contributed by atoms with Crippen molar-refractivity contribution in [2.24, 2.45) is 11.8 Å². The van der Waals surface area contributed by atoms with Crippen molar-refractivity contribution in [2.45, 2.75) is 52.4 Å². The van der Waals surface area contributed by atoms with Crippen LogP contribution in [0.1, 0.15) is 52.4 Å². The van der Waals surface area contributed by atoms with Crippen LogP contribution in [0.3, 0.4) is 0 Å². The Bertz CT molecular complexity index is 231. The molecule has 2 unspecified atom stereocenters. The second kappa shape index (κ2) is 11.1. The quantitative estimate of drug-likeness (QED) is 0.488. The fraction of sp³-hybridized carbons (Fsp3) is 0.833. The van der Waals surface area contributed by atoms with Crippen LogP contribution in [0.5, 0.6) is 0 Å². The first-order valence-electron chi connectivity index (χ1n) is 5.97. The first kappa shape index (κ1) is 19.3. The number of carboxylic acids is 2. The molecule has 2 N–H and O–H groups in total. The van der Waals surface area contributed by atoms with Gasteiger partial charge in [-0.2, -0.15) is 0 Å². The molecule has 0 radical (unpaired) electrons. The summed E-state index contributed by atoms with van der Waals surface area (Å²) in [7, 11) is 0. The van der Waals surface area contributed by atoms with E-state index >= 15 is 0 Å². The Kier molecular flexibility index (Phi) is 12.5. The van der Waals surface area contributed by atoms with E-state index in [0.29, 0.717) is 0 Å². The Morgan fingerprint density at radius 1 is 1.12 bits per heavy atom. The number of unbranched alkanes of at least 4 members (excludes halogenated alkanes) is 2. The van der Waals surface area contributed by atoms with E-state index in [2.05, 4.69) is 6.92 Å². The van der Waals surface area contributed by atoms with Crippen molar-refractivity contribution in [3.8, 4) is 0 Å². The van der Waals surface area contributed by atoms with Gasteiger partial charge in [-0.05, 0) is 12.3 Å². The minimum atomic E-state index is -1.03. The van der Waals surface area contributed by atoms with Gasteiger partial charge in [-0.15, -0.1) is 0 Å². The van der Waals surface area contributed by atoms with E-state index in [1.807, 2.05) is 6.92 Å². The third-order valence-corrected chi connectivity index (χ3v) is 2.98. The molecule has 0 fully saturated rings. The predicted molar refractivity (Wildman–Crippen MR) is 68.5 cm³/mol. The van der Waals surface area contributed by atoms with E-state index < -0.39 is 17.9 Å². The first-order chi connectivity index (χ1) is 7.52. The number of hydrogen-bond acceptors (Lipinski definition) is 2. The molecule has 4 nitrogen and oxygen atoms in total. The molecule has 0 amide bonds. The average molecular weight is 254 g/mol. The van der Waals surface area contributed by atoms with Crippen molar-refractivity contribution >= 4 is 41.5 Å². The zero-order chi connectivity index (χ0) is 12.6. The summed E-state index contributed by atoms with van der Waals surface area (Å²) in [5, 5.41) is 17.7. The standard InChI is InChI=1S/C12H22O4.Na.H/c1-3-5-6-7-9(4-2)10(12(15)16)8-11(13)14;;/h9-10H,3-8H2,1-2H3,(H,13,14)(H,15,16);;. The molecule has 0 aliphatic rings. The molecule has 0 bridgehead atoms. The zero-order valence-electron chi connectivity index (χ0n) is 10.1. The summed E-state index contributed by atoms with van der Waals surface area (Å²) in [5.41, 5.74) is 0. The van der Waals surface area contributed by atoms with Crippen LogP contribution in [-0.4, -0.2) is 51.7 Å². The topological polar surface area (TPSA) is 74.6 Å². The number of carboxylic acid groups (broad SMARTS) is 2. The van der Waals surface area contributed by atoms with Crippen LogP contribution in [0.4, 0.5) is 0 Å². The maximum atomic E-state index is 11.0. The van der Waals surface area contributed by atoms with Gasteiger partial charge in [0.1, 0.15) is 0 Å². The van der Waals surface area contributed by atoms with Gasteiger partial charge in [-0.1, -0.05) is 39.5 Å². The van der Waals surface area contributed by atoms with Crippen LogP contribution in [0, 0.1) is 11.8 Å². The maximum absolute atomic E-state index is 11.0. The molecule has 0 aromatic carbocycles. The van der Waals surface area contributed by atoms with Crippen LogP contribution in [-0.2, 0) is 9.59 Å². The van der Waals surface area contributed by atoms with Crippen LogP contribution >= 0.6 is 0 Å². The van der Waals surface area contributed by atoms with Gasteiger partial charge in [0.2, 0.25) is 0 Å². The Balaban J connectivity index is 0. The molecule has 0 rings (SSSR count). The first-order valence-corrected chi connectivity index (χ1v) is 5.97. The Hall–Kier alpha value is -0.0600. The molecule has 5 heteroatoms. The molecule has 0 aromatic rings. The summed E-state index contributed by atoms with van der Waals surface area (Å²) in [5.74, 6) is -2.76. The second-order valence-corrected chi connectivity index (χ2v) is 4.21. The van der Waals surface area contributed by atoms with Crippen molar-refractivity contribution in [1.29, 1.82) is 0 Å². The molecule has 0 aromatic heterocycles. The normalized spacial score (nSPS) is 13.5. The monoisotopic (exact) mass is 254 g/mol. The van der Waals surface area contributed by atoms with Crippen molar-refractivity contribution in [3.63, 3.8) is 0 Å². The molecule has 0 saturated heterocycles. The van der Waals surface area contributed by atoms with Gasteiger partial charge in [0, 0.05) is 0 Å². The molecule has 17 heavy (non-hydrogen) atoms. The van der Waals surface area contributed by atoms with E-state index in [4.69, 9.17) is 10.2 Å². The average Bonchev–Trinajstić information content (AvgIpc) is 2.21. The summed E-state index contributed by atoms with van der Waals surface area (Å²) in [4.78, 5) is 21.6. The Morgan fingerprint density at radius 3 is 2.06 bits per heavy atom. The van der Waals surface area contributed by atoms with Crippen LogP contribution in [0.2, 0.25) is 0 Å². The molecule has 96 valence electrons. The summed E-state index contributed by atoms with van der Waals surface area (Å²) in [6, 6.07) is 0. The number of rotatable bonds is 9. The van der Waals surface area contributed by atoms with Gasteiger partial charge >= 0.3 is 41.5 Å². The van der Waals surface area contributed by atoms with E-state index in [9.17, 15) is 9.59 Å². The summed E-state index contributed by atoms with van der Waals surface area (Å²) >= 11 is 0. The molecule has 0 aliphatic carbocycles. The minimum absolute atomic E-state index is 0. The van der Waals surface area contributed by atoms with Gasteiger partial charge in [0.25, 0.3) is 0 Å². The molecule has 0 aliphatic heterocycles. The SMILES string of the molecule is CCCCCC(CC)C(CC(=O)O)C(=O)O.[NaH]. The van der Waals surface area contributed by atoms with Gasteiger partial charge in [-0.3, -0.25) is 9.59 Å². The van der Waals surface area contributed by atoms with E-state index in [1.54, 1.807) is 0 Å². The van der Waals surface area contributed by atoms with Crippen molar-refractivity contribution in [1.82, 2.24) is 0 Å².